The first-order valence-electron chi connectivity index (χ1n) is 8.63. The van der Waals surface area contributed by atoms with Gasteiger partial charge < -0.3 is 24.8 Å². The largest absolute Gasteiger partial charge is 0.478 e. The molecule has 2 N–H and O–H groups in total. The molecule has 0 spiro atoms. The molecule has 8 nitrogen and oxygen atoms in total. The van der Waals surface area contributed by atoms with E-state index in [1.165, 1.54) is 20.3 Å². The number of rotatable bonds is 6. The molecular weight excluding hydrogens is 352 g/mol. The number of methoxy groups -OCH3 is 2. The van der Waals surface area contributed by atoms with Gasteiger partial charge in [-0.15, -0.1) is 0 Å². The standard InChI is InChI=1S/C19H24N2O6/c1-12-5-4-8-21(11-12)16-7-6-13(9-14(16)18(23)24)20-15(19(25)27-3)10-17(22)26-2/h6-7,9-10,12,20H,4-5,8,11H2,1-3H3,(H,23,24)/b15-10+. The maximum absolute atomic E-state index is 11.9. The van der Waals surface area contributed by atoms with Gasteiger partial charge in [0.05, 0.1) is 31.5 Å². The van der Waals surface area contributed by atoms with Gasteiger partial charge in [-0.3, -0.25) is 0 Å². The van der Waals surface area contributed by atoms with Crippen molar-refractivity contribution in [1.29, 1.82) is 0 Å². The second-order valence-corrected chi connectivity index (χ2v) is 6.43. The van der Waals surface area contributed by atoms with Gasteiger partial charge >= 0.3 is 17.9 Å². The molecule has 1 aliphatic heterocycles. The number of carbonyl (C=O) groups excluding carboxylic acids is 2. The average Bonchev–Trinajstić information content (AvgIpc) is 2.66. The lowest BCUT2D eigenvalue weighted by molar-refractivity contribution is -0.138. The highest BCUT2D eigenvalue weighted by Crippen LogP contribution is 2.29. The smallest absolute Gasteiger partial charge is 0.354 e. The zero-order chi connectivity index (χ0) is 20.0. The van der Waals surface area contributed by atoms with Gasteiger partial charge in [0.15, 0.2) is 0 Å². The van der Waals surface area contributed by atoms with Crippen LogP contribution in [0.3, 0.4) is 0 Å². The molecule has 0 aromatic heterocycles. The summed E-state index contributed by atoms with van der Waals surface area (Å²) in [5.74, 6) is -2.08. The third kappa shape index (κ3) is 5.22. The van der Waals surface area contributed by atoms with Crippen molar-refractivity contribution in [1.82, 2.24) is 0 Å². The van der Waals surface area contributed by atoms with E-state index in [0.29, 0.717) is 17.3 Å². The number of anilines is 2. The van der Waals surface area contributed by atoms with Crippen molar-refractivity contribution < 1.29 is 29.0 Å². The van der Waals surface area contributed by atoms with Crippen molar-refractivity contribution in [2.45, 2.75) is 19.8 Å². The lowest BCUT2D eigenvalue weighted by Gasteiger charge is -2.33. The van der Waals surface area contributed by atoms with E-state index in [4.69, 9.17) is 0 Å². The first-order chi connectivity index (χ1) is 12.8. The molecular formula is C19H24N2O6. The summed E-state index contributed by atoms with van der Waals surface area (Å²) in [6.45, 7) is 3.73. The Morgan fingerprint density at radius 1 is 1.26 bits per heavy atom. The number of nitrogens with one attached hydrogen (secondary N) is 1. The maximum atomic E-state index is 11.9. The van der Waals surface area contributed by atoms with E-state index < -0.39 is 17.9 Å². The molecule has 1 aliphatic rings. The predicted molar refractivity (Wildman–Crippen MR) is 99.8 cm³/mol. The quantitative estimate of drug-likeness (QED) is 0.575. The van der Waals surface area contributed by atoms with Crippen LogP contribution in [-0.2, 0) is 19.1 Å². The highest BCUT2D eigenvalue weighted by molar-refractivity contribution is 6.00. The molecule has 1 aromatic rings. The summed E-state index contributed by atoms with van der Waals surface area (Å²) in [5, 5.41) is 12.4. The van der Waals surface area contributed by atoms with Gasteiger partial charge in [0.25, 0.3) is 0 Å². The highest BCUT2D eigenvalue weighted by Gasteiger charge is 2.22. The Labute approximate surface area is 157 Å². The molecule has 0 amide bonds. The molecule has 1 atom stereocenters. The van der Waals surface area contributed by atoms with Gasteiger partial charge in [-0.05, 0) is 37.0 Å². The number of piperidine rings is 1. The molecule has 146 valence electrons. The molecule has 0 aliphatic carbocycles. The summed E-state index contributed by atoms with van der Waals surface area (Å²) in [7, 11) is 2.36. The summed E-state index contributed by atoms with van der Waals surface area (Å²) in [4.78, 5) is 37.1. The van der Waals surface area contributed by atoms with Crippen LogP contribution in [0.25, 0.3) is 0 Å². The van der Waals surface area contributed by atoms with Crippen LogP contribution in [0.5, 0.6) is 0 Å². The van der Waals surface area contributed by atoms with Gasteiger partial charge in [-0.1, -0.05) is 6.92 Å². The van der Waals surface area contributed by atoms with E-state index in [2.05, 4.69) is 26.6 Å². The molecule has 0 radical (unpaired) electrons. The molecule has 0 bridgehead atoms. The number of benzene rings is 1. The molecule has 2 rings (SSSR count). The number of nitrogens with zero attached hydrogens (tertiary/aromatic N) is 1. The van der Waals surface area contributed by atoms with E-state index in [9.17, 15) is 19.5 Å². The Kier molecular flexibility index (Phi) is 6.81. The first-order valence-corrected chi connectivity index (χ1v) is 8.63. The predicted octanol–water partition coefficient (Wildman–Crippen LogP) is 2.26. The van der Waals surface area contributed by atoms with Gasteiger partial charge in [0.2, 0.25) is 0 Å². The van der Waals surface area contributed by atoms with Crippen LogP contribution in [0.15, 0.2) is 30.0 Å². The topological polar surface area (TPSA) is 105 Å². The minimum atomic E-state index is -1.07. The molecule has 1 unspecified atom stereocenters. The SMILES string of the molecule is COC(=O)/C=C(/Nc1ccc(N2CCCC(C)C2)c(C(=O)O)c1)C(=O)OC. The lowest BCUT2D eigenvalue weighted by Crippen LogP contribution is -2.35. The number of aromatic carboxylic acids is 1. The Balaban J connectivity index is 2.33. The van der Waals surface area contributed by atoms with Crippen LogP contribution in [0.4, 0.5) is 11.4 Å². The fourth-order valence-corrected chi connectivity index (χ4v) is 3.06. The number of carbonyl (C=O) groups is 3. The van der Waals surface area contributed by atoms with Crippen molar-refractivity contribution in [3.8, 4) is 0 Å². The number of ether oxygens (including phenoxy) is 2. The molecule has 27 heavy (non-hydrogen) atoms. The summed E-state index contributed by atoms with van der Waals surface area (Å²) >= 11 is 0. The summed E-state index contributed by atoms with van der Waals surface area (Å²) in [6.07, 6.45) is 3.08. The third-order valence-corrected chi connectivity index (χ3v) is 4.37. The van der Waals surface area contributed by atoms with Crippen molar-refractivity contribution in [3.05, 3.63) is 35.5 Å². The average molecular weight is 376 g/mol. The van der Waals surface area contributed by atoms with E-state index in [1.807, 2.05) is 0 Å². The van der Waals surface area contributed by atoms with E-state index in [0.717, 1.165) is 32.0 Å². The van der Waals surface area contributed by atoms with Gasteiger partial charge in [-0.25, -0.2) is 14.4 Å². The Hall–Kier alpha value is -3.03. The molecule has 1 fully saturated rings. The van der Waals surface area contributed by atoms with Gasteiger partial charge in [-0.2, -0.15) is 0 Å². The maximum Gasteiger partial charge on any atom is 0.354 e. The van der Waals surface area contributed by atoms with Crippen molar-refractivity contribution in [2.75, 3.05) is 37.5 Å². The van der Waals surface area contributed by atoms with E-state index in [-0.39, 0.29) is 11.3 Å². The van der Waals surface area contributed by atoms with Crippen molar-refractivity contribution in [2.24, 2.45) is 5.92 Å². The minimum absolute atomic E-state index is 0.122. The minimum Gasteiger partial charge on any atom is -0.478 e. The van der Waals surface area contributed by atoms with Gasteiger partial charge in [0, 0.05) is 18.8 Å². The summed E-state index contributed by atoms with van der Waals surface area (Å²) in [5.41, 5.74) is 0.953. The number of carboxylic acids is 1. The monoisotopic (exact) mass is 376 g/mol. The van der Waals surface area contributed by atoms with Crippen LogP contribution < -0.4 is 10.2 Å². The zero-order valence-electron chi connectivity index (χ0n) is 15.7. The zero-order valence-corrected chi connectivity index (χ0v) is 15.7. The number of hydrogen-bond donors (Lipinski definition) is 2. The van der Waals surface area contributed by atoms with E-state index in [1.54, 1.807) is 12.1 Å². The molecule has 1 aromatic carbocycles. The number of esters is 2. The van der Waals surface area contributed by atoms with E-state index >= 15 is 0 Å². The Morgan fingerprint density at radius 2 is 2.00 bits per heavy atom. The molecule has 0 saturated carbocycles. The Morgan fingerprint density at radius 3 is 2.59 bits per heavy atom. The van der Waals surface area contributed by atoms with Crippen LogP contribution in [0.1, 0.15) is 30.1 Å². The third-order valence-electron chi connectivity index (χ3n) is 4.37. The molecule has 1 heterocycles. The highest BCUT2D eigenvalue weighted by atomic mass is 16.5. The van der Waals surface area contributed by atoms with Crippen LogP contribution in [0.2, 0.25) is 0 Å². The summed E-state index contributed by atoms with van der Waals surface area (Å²) in [6, 6.07) is 4.80. The lowest BCUT2D eigenvalue weighted by atomic mass is 9.98. The normalized spacial score (nSPS) is 17.2. The summed E-state index contributed by atoms with van der Waals surface area (Å²) < 4.78 is 9.16. The van der Waals surface area contributed by atoms with Crippen LogP contribution in [0, 0.1) is 5.92 Å². The van der Waals surface area contributed by atoms with Crippen molar-refractivity contribution in [3.63, 3.8) is 0 Å². The fourth-order valence-electron chi connectivity index (χ4n) is 3.06. The van der Waals surface area contributed by atoms with Gasteiger partial charge in [0.1, 0.15) is 5.70 Å². The number of carboxylic acid groups (broad SMARTS) is 1. The van der Waals surface area contributed by atoms with Crippen LogP contribution >= 0.6 is 0 Å². The number of hydrogen-bond acceptors (Lipinski definition) is 7. The fraction of sp³-hybridized carbons (Fsp3) is 0.421. The molecule has 8 heteroatoms. The first kappa shape index (κ1) is 20.3. The van der Waals surface area contributed by atoms with Crippen LogP contribution in [-0.4, -0.2) is 50.3 Å². The second-order valence-electron chi connectivity index (χ2n) is 6.43. The Bertz CT molecular complexity index is 759. The molecule has 1 saturated heterocycles. The second kappa shape index (κ2) is 9.07. The van der Waals surface area contributed by atoms with Crippen molar-refractivity contribution >= 4 is 29.3 Å².